The fourth-order valence-electron chi connectivity index (χ4n) is 4.37. The largest absolute Gasteiger partial charge is 0.458 e. The Hall–Kier alpha value is -6.16. The van der Waals surface area contributed by atoms with Crippen molar-refractivity contribution in [2.75, 3.05) is 23.8 Å². The molecular weight excluding hydrogens is 600 g/mol. The Bertz CT molecular complexity index is 1530. The number of esters is 2. The van der Waals surface area contributed by atoms with Crippen LogP contribution in [0.4, 0.5) is 21.0 Å². The molecule has 10 nitrogen and oxygen atoms in total. The summed E-state index contributed by atoms with van der Waals surface area (Å²) < 4.78 is 21.3. The Balaban J connectivity index is 1.29. The average Bonchev–Trinajstić information content (AvgIpc) is 3.10. The maximum Gasteiger partial charge on any atom is 0.412 e. The van der Waals surface area contributed by atoms with Crippen molar-refractivity contribution in [3.8, 4) is 0 Å². The summed E-state index contributed by atoms with van der Waals surface area (Å²) in [6.45, 7) is 6.44. The normalized spacial score (nSPS) is 11.6. The van der Waals surface area contributed by atoms with Crippen molar-refractivity contribution in [1.29, 1.82) is 0 Å². The Morgan fingerprint density at radius 3 is 1.26 bits per heavy atom. The van der Waals surface area contributed by atoms with E-state index in [1.165, 1.54) is 0 Å². The molecule has 0 heterocycles. The molecule has 240 valence electrons. The first-order valence-electron chi connectivity index (χ1n) is 14.6. The molecule has 0 bridgehead atoms. The predicted octanol–water partition coefficient (Wildman–Crippen LogP) is 7.32. The monoisotopic (exact) mass is 634 g/mol. The molecular formula is C37H34N2O8. The highest BCUT2D eigenvalue weighted by molar-refractivity contribution is 5.85. The Morgan fingerprint density at radius 1 is 0.553 bits per heavy atom. The van der Waals surface area contributed by atoms with Crippen molar-refractivity contribution >= 4 is 35.5 Å². The summed E-state index contributed by atoms with van der Waals surface area (Å²) in [5.74, 6) is -1.23. The summed E-state index contributed by atoms with van der Waals surface area (Å²) in [5, 5.41) is 5.40. The molecule has 0 radical (unpaired) electrons. The summed E-state index contributed by atoms with van der Waals surface area (Å²) in [6, 6.07) is 32.5. The number of anilines is 2. The van der Waals surface area contributed by atoms with E-state index < -0.39 is 36.3 Å². The molecule has 0 aliphatic carbocycles. The molecule has 4 aromatic rings. The van der Waals surface area contributed by atoms with E-state index in [1.807, 2.05) is 36.4 Å². The van der Waals surface area contributed by atoms with Gasteiger partial charge in [-0.2, -0.15) is 0 Å². The lowest BCUT2D eigenvalue weighted by atomic mass is 10.0. The fraction of sp³-hybridized carbons (Fsp3) is 0.135. The van der Waals surface area contributed by atoms with E-state index >= 15 is 0 Å². The summed E-state index contributed by atoms with van der Waals surface area (Å²) in [7, 11) is 0. The van der Waals surface area contributed by atoms with Gasteiger partial charge in [0.2, 0.25) is 0 Å². The molecule has 2 N–H and O–H groups in total. The maximum absolute atomic E-state index is 12.6. The number of amides is 2. The fourth-order valence-corrected chi connectivity index (χ4v) is 4.37. The number of ether oxygens (including phenoxy) is 4. The van der Waals surface area contributed by atoms with Crippen LogP contribution in [0, 0.1) is 0 Å². The lowest BCUT2D eigenvalue weighted by Gasteiger charge is -2.18. The molecule has 4 aromatic carbocycles. The molecule has 0 aliphatic heterocycles. The number of carbonyl (C=O) groups excluding carboxylic acids is 4. The van der Waals surface area contributed by atoms with E-state index in [0.717, 1.165) is 23.3 Å². The van der Waals surface area contributed by atoms with Crippen LogP contribution in [0.5, 0.6) is 0 Å². The lowest BCUT2D eigenvalue weighted by Crippen LogP contribution is -2.21. The zero-order valence-corrected chi connectivity index (χ0v) is 25.5. The van der Waals surface area contributed by atoms with E-state index in [1.54, 1.807) is 72.8 Å². The van der Waals surface area contributed by atoms with Gasteiger partial charge in [0.25, 0.3) is 0 Å². The second-order valence-corrected chi connectivity index (χ2v) is 10.1. The first-order valence-corrected chi connectivity index (χ1v) is 14.6. The van der Waals surface area contributed by atoms with E-state index in [0.29, 0.717) is 28.9 Å². The zero-order valence-electron chi connectivity index (χ0n) is 25.5. The third kappa shape index (κ3) is 11.1. The molecule has 10 heteroatoms. The first kappa shape index (κ1) is 33.7. The number of carbonyl (C=O) groups is 4. The van der Waals surface area contributed by atoms with Crippen molar-refractivity contribution in [3.63, 3.8) is 0 Å². The molecule has 0 aliphatic rings. The van der Waals surface area contributed by atoms with Crippen LogP contribution < -0.4 is 10.6 Å². The second-order valence-electron chi connectivity index (χ2n) is 10.1. The molecule has 4 rings (SSSR count). The van der Waals surface area contributed by atoms with Crippen molar-refractivity contribution in [2.24, 2.45) is 0 Å². The van der Waals surface area contributed by atoms with Gasteiger partial charge >= 0.3 is 24.1 Å². The van der Waals surface area contributed by atoms with Gasteiger partial charge in [-0.1, -0.05) is 98.1 Å². The minimum atomic E-state index is -0.800. The van der Waals surface area contributed by atoms with E-state index in [-0.39, 0.29) is 13.2 Å². The van der Waals surface area contributed by atoms with Gasteiger partial charge in [-0.3, -0.25) is 10.6 Å². The Morgan fingerprint density at radius 2 is 0.915 bits per heavy atom. The molecule has 2 unspecified atom stereocenters. The lowest BCUT2D eigenvalue weighted by molar-refractivity contribution is -0.141. The van der Waals surface area contributed by atoms with Crippen LogP contribution in [-0.4, -0.2) is 37.3 Å². The van der Waals surface area contributed by atoms with Crippen molar-refractivity contribution < 1.29 is 38.1 Å². The predicted molar refractivity (Wildman–Crippen MR) is 177 cm³/mol. The van der Waals surface area contributed by atoms with Crippen LogP contribution in [-0.2, 0) is 35.0 Å². The number of hydrogen-bond donors (Lipinski definition) is 2. The van der Waals surface area contributed by atoms with Crippen molar-refractivity contribution in [2.45, 2.75) is 18.6 Å². The van der Waals surface area contributed by atoms with Gasteiger partial charge in [-0.05, 0) is 52.9 Å². The molecule has 47 heavy (non-hydrogen) atoms. The second kappa shape index (κ2) is 17.4. The van der Waals surface area contributed by atoms with Gasteiger partial charge in [0.15, 0.2) is 12.2 Å². The Labute approximate surface area is 272 Å². The van der Waals surface area contributed by atoms with Crippen LogP contribution in [0.3, 0.4) is 0 Å². The molecule has 0 fully saturated rings. The van der Waals surface area contributed by atoms with Gasteiger partial charge in [-0.15, -0.1) is 0 Å². The number of rotatable bonds is 14. The third-order valence-corrected chi connectivity index (χ3v) is 6.74. The van der Waals surface area contributed by atoms with Crippen LogP contribution >= 0.6 is 0 Å². The quantitative estimate of drug-likeness (QED) is 0.0839. The third-order valence-electron chi connectivity index (χ3n) is 6.74. The maximum atomic E-state index is 12.6. The van der Waals surface area contributed by atoms with E-state index in [4.69, 9.17) is 18.9 Å². The van der Waals surface area contributed by atoms with Gasteiger partial charge in [0, 0.05) is 23.5 Å². The van der Waals surface area contributed by atoms with Crippen LogP contribution in [0.15, 0.2) is 135 Å². The topological polar surface area (TPSA) is 129 Å². The number of benzene rings is 4. The smallest absolute Gasteiger partial charge is 0.412 e. The van der Waals surface area contributed by atoms with E-state index in [9.17, 15) is 19.2 Å². The number of hydrogen-bond acceptors (Lipinski definition) is 8. The van der Waals surface area contributed by atoms with Crippen LogP contribution in [0.25, 0.3) is 0 Å². The number of nitrogens with one attached hydrogen (secondary N) is 2. The minimum Gasteiger partial charge on any atom is -0.458 e. The summed E-state index contributed by atoms with van der Waals surface area (Å²) in [6.07, 6.45) is -0.306. The van der Waals surface area contributed by atoms with Crippen LogP contribution in [0.1, 0.15) is 34.5 Å². The molecule has 2 atom stereocenters. The highest BCUT2D eigenvalue weighted by atomic mass is 16.6. The summed E-state index contributed by atoms with van der Waals surface area (Å²) in [4.78, 5) is 48.4. The van der Waals surface area contributed by atoms with Crippen LogP contribution in [0.2, 0.25) is 0 Å². The highest BCUT2D eigenvalue weighted by Crippen LogP contribution is 2.22. The first-order chi connectivity index (χ1) is 22.8. The molecule has 2 amide bonds. The van der Waals surface area contributed by atoms with Gasteiger partial charge in [-0.25, -0.2) is 19.2 Å². The molecule has 0 aromatic heterocycles. The zero-order chi connectivity index (χ0) is 33.4. The summed E-state index contributed by atoms with van der Waals surface area (Å²) in [5.41, 5.74) is 4.39. The highest BCUT2D eigenvalue weighted by Gasteiger charge is 2.20. The van der Waals surface area contributed by atoms with E-state index in [2.05, 4.69) is 23.8 Å². The van der Waals surface area contributed by atoms with Gasteiger partial charge < -0.3 is 18.9 Å². The van der Waals surface area contributed by atoms with Gasteiger partial charge in [0.05, 0.1) is 0 Å². The average molecular weight is 635 g/mol. The Kier molecular flexibility index (Phi) is 12.5. The standard InChI is InChI=1S/C37H34N2O8/c1-3-34(40)44-24-32(28-11-7-5-8-12-28)46-36(42)38-30-19-15-26(16-20-30)23-27-17-21-31(22-18-27)39-37(43)47-33(25-45-35(41)4-2)29-13-9-6-10-14-29/h3-22,32-33H,1-2,23-25H2,(H,38,42)(H,39,43). The van der Waals surface area contributed by atoms with Crippen molar-refractivity contribution in [3.05, 3.63) is 157 Å². The van der Waals surface area contributed by atoms with Gasteiger partial charge in [0.1, 0.15) is 13.2 Å². The van der Waals surface area contributed by atoms with Crippen molar-refractivity contribution in [1.82, 2.24) is 0 Å². The molecule has 0 saturated heterocycles. The minimum absolute atomic E-state index is 0.155. The SMILES string of the molecule is C=CC(=O)OCC(OC(=O)Nc1ccc(Cc2ccc(NC(=O)OC(COC(=O)C=C)c3ccccc3)cc2)cc1)c1ccccc1. The molecule has 0 spiro atoms. The summed E-state index contributed by atoms with van der Waals surface area (Å²) >= 11 is 0. The molecule has 0 saturated carbocycles.